The van der Waals surface area contributed by atoms with E-state index in [4.69, 9.17) is 20.4 Å². The van der Waals surface area contributed by atoms with Crippen LogP contribution >= 0.6 is 23.4 Å². The van der Waals surface area contributed by atoms with Crippen LogP contribution in [0.2, 0.25) is 5.02 Å². The molecule has 0 saturated carbocycles. The Morgan fingerprint density at radius 1 is 0.857 bits per heavy atom. The highest BCUT2D eigenvalue weighted by Crippen LogP contribution is 2.27. The maximum Gasteiger partial charge on any atom is 0.306 e. The smallest absolute Gasteiger partial charge is 0.306 e. The second-order valence-corrected chi connectivity index (χ2v) is 7.15. The highest BCUT2D eigenvalue weighted by Gasteiger charge is 2.17. The van der Waals surface area contributed by atoms with Crippen LogP contribution in [-0.4, -0.2) is 29.8 Å². The van der Waals surface area contributed by atoms with Gasteiger partial charge in [-0.3, -0.25) is 0 Å². The summed E-state index contributed by atoms with van der Waals surface area (Å²) in [4.78, 5) is 4.52. The number of hydrogen-bond acceptors (Lipinski definition) is 8. The quantitative estimate of drug-likeness (QED) is 0.394. The Morgan fingerprint density at radius 3 is 2.54 bits per heavy atom. The van der Waals surface area contributed by atoms with Crippen LogP contribution in [0, 0.1) is 0 Å². The summed E-state index contributed by atoms with van der Waals surface area (Å²) in [5.41, 5.74) is 2.52. The summed E-state index contributed by atoms with van der Waals surface area (Å²) in [7, 11) is 0. The first-order chi connectivity index (χ1) is 13.7. The molecule has 4 heterocycles. The van der Waals surface area contributed by atoms with Gasteiger partial charge in [-0.2, -0.15) is 0 Å². The van der Waals surface area contributed by atoms with Crippen molar-refractivity contribution >= 4 is 29.0 Å². The van der Waals surface area contributed by atoms with Crippen LogP contribution in [0.1, 0.15) is 5.69 Å². The molecule has 1 aromatic carbocycles. The lowest BCUT2D eigenvalue weighted by molar-refractivity contribution is 0.445. The van der Waals surface area contributed by atoms with Crippen LogP contribution < -0.4 is 0 Å². The van der Waals surface area contributed by atoms with Crippen LogP contribution in [-0.2, 0) is 5.75 Å². The van der Waals surface area contributed by atoms with E-state index in [9.17, 15) is 0 Å². The van der Waals surface area contributed by atoms with Gasteiger partial charge < -0.3 is 13.2 Å². The third-order valence-corrected chi connectivity index (χ3v) is 4.92. The van der Waals surface area contributed by atoms with Crippen LogP contribution in [0.15, 0.2) is 68.9 Å². The number of nitrogens with zero attached hydrogens (tertiary/aromatic N) is 6. The number of benzene rings is 1. The summed E-state index contributed by atoms with van der Waals surface area (Å²) < 4.78 is 13.1. The third kappa shape index (κ3) is 3.37. The number of pyridine rings is 1. The highest BCUT2D eigenvalue weighted by atomic mass is 35.5. The molecule has 0 aliphatic rings. The fourth-order valence-corrected chi connectivity index (χ4v) is 3.40. The molecule has 0 unspecified atom stereocenters. The van der Waals surface area contributed by atoms with E-state index in [0.29, 0.717) is 21.9 Å². The standard InChI is InChI=1S/C18H11ClN6O2S/c19-12-6-7-14-20-13(9-25(14)8-12)10-28-18-24-23-17(27-18)16-22-21-15(26-16)11-4-2-1-3-5-11/h1-9H,10H2. The first-order valence-corrected chi connectivity index (χ1v) is 9.60. The van der Waals surface area contributed by atoms with Gasteiger partial charge in [-0.05, 0) is 24.3 Å². The van der Waals surface area contributed by atoms with E-state index in [1.54, 1.807) is 6.07 Å². The van der Waals surface area contributed by atoms with Crippen molar-refractivity contribution in [1.29, 1.82) is 0 Å². The average Bonchev–Trinajstić information content (AvgIpc) is 3.45. The number of halogens is 1. The van der Waals surface area contributed by atoms with Crippen molar-refractivity contribution < 1.29 is 8.83 Å². The SMILES string of the molecule is Clc1ccc2nc(CSc3nnc(-c4nnc(-c5ccccc5)o4)o3)cn2c1. The lowest BCUT2D eigenvalue weighted by atomic mass is 10.2. The Bertz CT molecular complexity index is 1250. The van der Waals surface area contributed by atoms with Crippen molar-refractivity contribution in [1.82, 2.24) is 29.8 Å². The van der Waals surface area contributed by atoms with Gasteiger partial charge in [0.15, 0.2) is 0 Å². The molecule has 28 heavy (non-hydrogen) atoms. The fourth-order valence-electron chi connectivity index (χ4n) is 2.58. The van der Waals surface area contributed by atoms with E-state index in [1.807, 2.05) is 53.2 Å². The summed E-state index contributed by atoms with van der Waals surface area (Å²) in [5.74, 6) is 1.32. The van der Waals surface area contributed by atoms with E-state index >= 15 is 0 Å². The van der Waals surface area contributed by atoms with Gasteiger partial charge in [0.1, 0.15) is 5.65 Å². The molecule has 0 atom stereocenters. The maximum atomic E-state index is 6.00. The monoisotopic (exact) mass is 410 g/mol. The fraction of sp³-hybridized carbons (Fsp3) is 0.0556. The predicted molar refractivity (Wildman–Crippen MR) is 103 cm³/mol. The lowest BCUT2D eigenvalue weighted by Gasteiger charge is -1.92. The van der Waals surface area contributed by atoms with Gasteiger partial charge in [-0.1, -0.05) is 41.6 Å². The van der Waals surface area contributed by atoms with Crippen LogP contribution in [0.5, 0.6) is 0 Å². The molecule has 0 fully saturated rings. The zero-order chi connectivity index (χ0) is 18.9. The molecule has 0 spiro atoms. The minimum atomic E-state index is 0.180. The Hall–Kier alpha value is -3.17. The second kappa shape index (κ2) is 7.10. The van der Waals surface area contributed by atoms with Crippen molar-refractivity contribution in [3.63, 3.8) is 0 Å². The van der Waals surface area contributed by atoms with Crippen LogP contribution in [0.4, 0.5) is 0 Å². The van der Waals surface area contributed by atoms with E-state index in [1.165, 1.54) is 11.8 Å². The molecular weight excluding hydrogens is 400 g/mol. The van der Waals surface area contributed by atoms with E-state index in [0.717, 1.165) is 16.9 Å². The van der Waals surface area contributed by atoms with Crippen molar-refractivity contribution in [2.24, 2.45) is 0 Å². The zero-order valence-corrected chi connectivity index (χ0v) is 15.8. The van der Waals surface area contributed by atoms with Crippen LogP contribution in [0.3, 0.4) is 0 Å². The molecule has 0 N–H and O–H groups in total. The highest BCUT2D eigenvalue weighted by molar-refractivity contribution is 7.98. The number of imidazole rings is 1. The molecule has 5 rings (SSSR count). The van der Waals surface area contributed by atoms with E-state index < -0.39 is 0 Å². The second-order valence-electron chi connectivity index (χ2n) is 5.79. The van der Waals surface area contributed by atoms with Gasteiger partial charge in [0.25, 0.3) is 5.22 Å². The summed E-state index contributed by atoms with van der Waals surface area (Å²) in [6, 6.07) is 13.1. The molecule has 0 saturated heterocycles. The lowest BCUT2D eigenvalue weighted by Crippen LogP contribution is -1.79. The number of fused-ring (bicyclic) bond motifs is 1. The average molecular weight is 411 g/mol. The first-order valence-electron chi connectivity index (χ1n) is 8.23. The van der Waals surface area contributed by atoms with Gasteiger partial charge in [-0.25, -0.2) is 4.98 Å². The molecule has 5 aromatic rings. The molecule has 0 aliphatic carbocycles. The normalized spacial score (nSPS) is 11.3. The summed E-state index contributed by atoms with van der Waals surface area (Å²) in [6.45, 7) is 0. The van der Waals surface area contributed by atoms with Crippen molar-refractivity contribution in [2.75, 3.05) is 0 Å². The molecule has 8 nitrogen and oxygen atoms in total. The summed E-state index contributed by atoms with van der Waals surface area (Å²) in [5, 5.41) is 17.1. The van der Waals surface area contributed by atoms with Crippen molar-refractivity contribution in [3.05, 3.63) is 65.6 Å². The molecule has 0 bridgehead atoms. The number of aromatic nitrogens is 6. The molecule has 0 amide bonds. The maximum absolute atomic E-state index is 6.00. The van der Waals surface area contributed by atoms with Gasteiger partial charge in [0, 0.05) is 23.7 Å². The Morgan fingerprint density at radius 2 is 1.64 bits per heavy atom. The largest absolute Gasteiger partial charge is 0.412 e. The van der Waals surface area contributed by atoms with Crippen molar-refractivity contribution in [3.8, 4) is 23.2 Å². The summed E-state index contributed by atoms with van der Waals surface area (Å²) >= 11 is 7.37. The topological polar surface area (TPSA) is 95.1 Å². The van der Waals surface area contributed by atoms with Gasteiger partial charge >= 0.3 is 11.8 Å². The molecular formula is C18H11ClN6O2S. The first kappa shape index (κ1) is 17.0. The van der Waals surface area contributed by atoms with E-state index in [2.05, 4.69) is 25.4 Å². The molecule has 10 heteroatoms. The van der Waals surface area contributed by atoms with Gasteiger partial charge in [0.2, 0.25) is 5.89 Å². The predicted octanol–water partition coefficient (Wildman–Crippen LogP) is 4.38. The molecule has 138 valence electrons. The Labute approximate surface area is 167 Å². The minimum absolute atomic E-state index is 0.180. The van der Waals surface area contributed by atoms with Crippen LogP contribution in [0.25, 0.3) is 28.9 Å². The summed E-state index contributed by atoms with van der Waals surface area (Å²) in [6.07, 6.45) is 3.72. The number of rotatable bonds is 5. The number of thioether (sulfide) groups is 1. The van der Waals surface area contributed by atoms with Crippen molar-refractivity contribution in [2.45, 2.75) is 11.0 Å². The zero-order valence-electron chi connectivity index (χ0n) is 14.2. The van der Waals surface area contributed by atoms with Gasteiger partial charge in [-0.15, -0.1) is 20.4 Å². The minimum Gasteiger partial charge on any atom is -0.412 e. The molecule has 4 aromatic heterocycles. The Balaban J connectivity index is 1.30. The Kier molecular flexibility index (Phi) is 4.30. The number of hydrogen-bond donors (Lipinski definition) is 0. The van der Waals surface area contributed by atoms with Gasteiger partial charge in [0.05, 0.1) is 10.7 Å². The molecule has 0 aliphatic heterocycles. The molecule has 0 radical (unpaired) electrons. The van der Waals surface area contributed by atoms with E-state index in [-0.39, 0.29) is 11.8 Å². The third-order valence-electron chi connectivity index (χ3n) is 3.84.